The second-order valence-electron chi connectivity index (χ2n) is 11.4. The lowest BCUT2D eigenvalue weighted by Gasteiger charge is -2.40. The fourth-order valence-corrected chi connectivity index (χ4v) is 6.71. The Labute approximate surface area is 226 Å². The molecule has 5 heterocycles. The van der Waals surface area contributed by atoms with Crippen LogP contribution in [-0.4, -0.2) is 88.4 Å². The lowest BCUT2D eigenvalue weighted by molar-refractivity contribution is -0.0183. The van der Waals surface area contributed by atoms with Gasteiger partial charge < -0.3 is 19.5 Å². The summed E-state index contributed by atoms with van der Waals surface area (Å²) in [6, 6.07) is 8.26. The number of carbonyl (C=O) groups is 1. The first-order chi connectivity index (χ1) is 19.0. The molecule has 1 aliphatic carbocycles. The first kappa shape index (κ1) is 24.9. The number of ether oxygens (including phenoxy) is 2. The zero-order valence-corrected chi connectivity index (χ0v) is 22.0. The number of morpholine rings is 1. The standard InChI is InChI=1S/C29H34FN5O4/c30-20-4-6-21(7-5-20)35-27-25(26(32-35)19-2-1-3-19)24(16-23(31-27)28(36)37)34-10-8-29(9-11-34)17-22(18-39-29)33-12-14-38-15-13-33/h4-7,16,19,22H,1-3,8-15,17-18H2,(H,36,37). The Balaban J connectivity index is 1.23. The molecule has 10 heteroatoms. The molecule has 0 bridgehead atoms. The molecule has 1 spiro atoms. The monoisotopic (exact) mass is 535 g/mol. The number of anilines is 1. The number of nitrogens with zero attached hydrogens (tertiary/aromatic N) is 5. The van der Waals surface area contributed by atoms with Crippen molar-refractivity contribution in [1.29, 1.82) is 0 Å². The van der Waals surface area contributed by atoms with Gasteiger partial charge in [-0.3, -0.25) is 4.90 Å². The minimum atomic E-state index is -1.07. The Hall–Kier alpha value is -3.08. The van der Waals surface area contributed by atoms with Gasteiger partial charge in [-0.05, 0) is 62.4 Å². The molecule has 3 saturated heterocycles. The van der Waals surface area contributed by atoms with Crippen LogP contribution in [0.15, 0.2) is 30.3 Å². The van der Waals surface area contributed by atoms with Crippen LogP contribution in [0.5, 0.6) is 0 Å². The average Bonchev–Trinajstić information content (AvgIpc) is 3.51. The molecule has 4 fully saturated rings. The summed E-state index contributed by atoms with van der Waals surface area (Å²) in [5.41, 5.74) is 2.89. The van der Waals surface area contributed by atoms with Gasteiger partial charge in [0.1, 0.15) is 5.82 Å². The van der Waals surface area contributed by atoms with Crippen LogP contribution in [0.2, 0.25) is 0 Å². The van der Waals surface area contributed by atoms with Crippen molar-refractivity contribution in [3.8, 4) is 5.69 Å². The van der Waals surface area contributed by atoms with Crippen LogP contribution in [0.1, 0.15) is 60.6 Å². The van der Waals surface area contributed by atoms with Crippen LogP contribution >= 0.6 is 0 Å². The van der Waals surface area contributed by atoms with E-state index in [-0.39, 0.29) is 17.1 Å². The van der Waals surface area contributed by atoms with Crippen molar-refractivity contribution in [2.75, 3.05) is 50.9 Å². The van der Waals surface area contributed by atoms with Gasteiger partial charge in [0, 0.05) is 38.1 Å². The molecule has 3 aromatic rings. The van der Waals surface area contributed by atoms with Gasteiger partial charge in [0.15, 0.2) is 11.3 Å². The lowest BCUT2D eigenvalue weighted by atomic mass is 9.81. The quantitative estimate of drug-likeness (QED) is 0.525. The molecule has 206 valence electrons. The number of rotatable bonds is 5. The largest absolute Gasteiger partial charge is 0.477 e. The number of fused-ring (bicyclic) bond motifs is 1. The van der Waals surface area contributed by atoms with Crippen LogP contribution in [-0.2, 0) is 9.47 Å². The predicted octanol–water partition coefficient (Wildman–Crippen LogP) is 3.99. The Morgan fingerprint density at radius 1 is 1.08 bits per heavy atom. The number of carboxylic acids is 1. The number of benzene rings is 1. The van der Waals surface area contributed by atoms with Crippen molar-refractivity contribution in [3.63, 3.8) is 0 Å². The van der Waals surface area contributed by atoms with Gasteiger partial charge in [0.25, 0.3) is 0 Å². The fraction of sp³-hybridized carbons (Fsp3) is 0.552. The molecule has 4 aliphatic rings. The summed E-state index contributed by atoms with van der Waals surface area (Å²) in [7, 11) is 0. The Bertz CT molecular complexity index is 1370. The topological polar surface area (TPSA) is 93.0 Å². The van der Waals surface area contributed by atoms with Gasteiger partial charge in [-0.1, -0.05) is 6.42 Å². The van der Waals surface area contributed by atoms with Crippen molar-refractivity contribution in [2.45, 2.75) is 56.1 Å². The van der Waals surface area contributed by atoms with Gasteiger partial charge >= 0.3 is 5.97 Å². The summed E-state index contributed by atoms with van der Waals surface area (Å²) in [5.74, 6) is -1.09. The van der Waals surface area contributed by atoms with Crippen molar-refractivity contribution in [1.82, 2.24) is 19.7 Å². The molecule has 9 nitrogen and oxygen atoms in total. The summed E-state index contributed by atoms with van der Waals surface area (Å²) in [5, 5.41) is 15.9. The van der Waals surface area contributed by atoms with Gasteiger partial charge in [-0.25, -0.2) is 18.9 Å². The van der Waals surface area contributed by atoms with E-state index in [2.05, 4.69) is 14.8 Å². The highest BCUT2D eigenvalue weighted by atomic mass is 19.1. The van der Waals surface area contributed by atoms with Crippen LogP contribution in [0.25, 0.3) is 16.7 Å². The van der Waals surface area contributed by atoms with Crippen molar-refractivity contribution >= 4 is 22.7 Å². The van der Waals surface area contributed by atoms with E-state index < -0.39 is 5.97 Å². The predicted molar refractivity (Wildman–Crippen MR) is 143 cm³/mol. The summed E-state index contributed by atoms with van der Waals surface area (Å²) in [4.78, 5) is 21.5. The molecule has 1 saturated carbocycles. The highest BCUT2D eigenvalue weighted by Gasteiger charge is 2.45. The zero-order valence-electron chi connectivity index (χ0n) is 22.0. The smallest absolute Gasteiger partial charge is 0.354 e. The average molecular weight is 536 g/mol. The molecule has 0 radical (unpaired) electrons. The normalized spacial score (nSPS) is 23.9. The van der Waals surface area contributed by atoms with E-state index in [4.69, 9.17) is 14.6 Å². The SMILES string of the molecule is O=C(O)c1cc(N2CCC3(CC2)CC(N2CCOCC2)CO3)c2c(C3CCC3)nn(-c3ccc(F)cc3)c2n1. The third kappa shape index (κ3) is 4.48. The van der Waals surface area contributed by atoms with Crippen molar-refractivity contribution in [2.24, 2.45) is 0 Å². The number of piperidine rings is 1. The van der Waals surface area contributed by atoms with E-state index >= 15 is 0 Å². The second-order valence-corrected chi connectivity index (χ2v) is 11.4. The minimum Gasteiger partial charge on any atom is -0.477 e. The molecule has 1 N–H and O–H groups in total. The maximum Gasteiger partial charge on any atom is 0.354 e. The Morgan fingerprint density at radius 3 is 2.49 bits per heavy atom. The molecule has 3 aliphatic heterocycles. The van der Waals surface area contributed by atoms with E-state index in [1.807, 2.05) is 0 Å². The van der Waals surface area contributed by atoms with E-state index in [0.717, 1.165) is 101 Å². The second kappa shape index (κ2) is 9.83. The molecule has 7 rings (SSSR count). The maximum absolute atomic E-state index is 13.7. The number of aromatic carboxylic acids is 1. The van der Waals surface area contributed by atoms with E-state index in [1.165, 1.54) is 12.1 Å². The van der Waals surface area contributed by atoms with E-state index in [9.17, 15) is 14.3 Å². The fourth-order valence-electron chi connectivity index (χ4n) is 6.71. The highest BCUT2D eigenvalue weighted by molar-refractivity contribution is 5.98. The maximum atomic E-state index is 13.7. The minimum absolute atomic E-state index is 0.00861. The highest BCUT2D eigenvalue weighted by Crippen LogP contribution is 2.45. The zero-order chi connectivity index (χ0) is 26.6. The van der Waals surface area contributed by atoms with Gasteiger partial charge in [-0.15, -0.1) is 0 Å². The van der Waals surface area contributed by atoms with Crippen LogP contribution in [0.3, 0.4) is 0 Å². The first-order valence-corrected chi connectivity index (χ1v) is 14.1. The number of aromatic nitrogens is 3. The Kier molecular flexibility index (Phi) is 6.28. The summed E-state index contributed by atoms with van der Waals surface area (Å²) < 4.78 is 27.4. The lowest BCUT2D eigenvalue weighted by Crippen LogP contribution is -2.47. The molecule has 1 aromatic carbocycles. The molecule has 0 amide bonds. The van der Waals surface area contributed by atoms with E-state index in [1.54, 1.807) is 22.9 Å². The van der Waals surface area contributed by atoms with Gasteiger partial charge in [-0.2, -0.15) is 5.10 Å². The Morgan fingerprint density at radius 2 is 1.82 bits per heavy atom. The number of carboxylic acid groups (broad SMARTS) is 1. The number of pyridine rings is 1. The molecule has 1 atom stereocenters. The molecular formula is C29H34FN5O4. The van der Waals surface area contributed by atoms with Crippen LogP contribution in [0.4, 0.5) is 10.1 Å². The third-order valence-corrected chi connectivity index (χ3v) is 9.19. The van der Waals surface area contributed by atoms with E-state index in [0.29, 0.717) is 23.3 Å². The summed E-state index contributed by atoms with van der Waals surface area (Å²) in [6.45, 7) is 5.82. The van der Waals surface area contributed by atoms with Gasteiger partial charge in [0.2, 0.25) is 0 Å². The number of hydrogen-bond acceptors (Lipinski definition) is 7. The van der Waals surface area contributed by atoms with Crippen LogP contribution in [0, 0.1) is 5.82 Å². The number of halogens is 1. The summed E-state index contributed by atoms with van der Waals surface area (Å²) >= 11 is 0. The van der Waals surface area contributed by atoms with Crippen LogP contribution < -0.4 is 4.90 Å². The summed E-state index contributed by atoms with van der Waals surface area (Å²) in [6.07, 6.45) is 6.07. The number of hydrogen-bond donors (Lipinski definition) is 1. The molecular weight excluding hydrogens is 501 g/mol. The van der Waals surface area contributed by atoms with Crippen molar-refractivity contribution < 1.29 is 23.8 Å². The molecule has 39 heavy (non-hydrogen) atoms. The molecule has 2 aromatic heterocycles. The third-order valence-electron chi connectivity index (χ3n) is 9.19. The van der Waals surface area contributed by atoms with Gasteiger partial charge in [0.05, 0.1) is 47.9 Å². The van der Waals surface area contributed by atoms with Crippen molar-refractivity contribution in [3.05, 3.63) is 47.5 Å². The first-order valence-electron chi connectivity index (χ1n) is 14.1. The molecule has 1 unspecified atom stereocenters.